The molecule has 246 valence electrons. The number of rotatable bonds is 7. The van der Waals surface area contributed by atoms with Crippen molar-refractivity contribution < 1.29 is 27.8 Å². The third kappa shape index (κ3) is 4.86. The van der Waals surface area contributed by atoms with Crippen molar-refractivity contribution in [2.45, 2.75) is 57.2 Å². The van der Waals surface area contributed by atoms with Crippen molar-refractivity contribution in [3.63, 3.8) is 0 Å². The molecule has 4 atom stereocenters. The van der Waals surface area contributed by atoms with Gasteiger partial charge in [-0.05, 0) is 85.0 Å². The van der Waals surface area contributed by atoms with Crippen LogP contribution in [0.5, 0.6) is 11.8 Å². The highest BCUT2D eigenvalue weighted by Gasteiger charge is 2.50. The van der Waals surface area contributed by atoms with Gasteiger partial charge in [0.2, 0.25) is 5.91 Å². The number of hydrogen-bond donors (Lipinski definition) is 2. The summed E-state index contributed by atoms with van der Waals surface area (Å²) in [5.41, 5.74) is 5.84. The van der Waals surface area contributed by atoms with E-state index in [1.807, 2.05) is 11.8 Å². The normalized spacial score (nSPS) is 27.2. The summed E-state index contributed by atoms with van der Waals surface area (Å²) in [6, 6.07) is 5.78. The van der Waals surface area contributed by atoms with Gasteiger partial charge >= 0.3 is 6.01 Å². The molecule has 0 spiro atoms. The molecule has 1 aliphatic carbocycles. The maximum absolute atomic E-state index is 16.9. The molecule has 3 saturated heterocycles. The number of nitrogens with zero attached hydrogens (tertiary/aromatic N) is 5. The number of pyridine rings is 1. The van der Waals surface area contributed by atoms with Crippen molar-refractivity contribution in [2.24, 2.45) is 23.5 Å². The lowest BCUT2D eigenvalue weighted by Gasteiger charge is -2.37. The first kappa shape index (κ1) is 30.2. The summed E-state index contributed by atoms with van der Waals surface area (Å²) in [5, 5.41) is 12.0. The number of primary amides is 1. The van der Waals surface area contributed by atoms with Gasteiger partial charge in [-0.1, -0.05) is 13.0 Å². The molecule has 2 unspecified atom stereocenters. The lowest BCUT2D eigenvalue weighted by atomic mass is 9.84. The van der Waals surface area contributed by atoms with E-state index < -0.39 is 23.3 Å². The average molecular weight is 647 g/mol. The molecule has 2 aromatic carbocycles. The highest BCUT2D eigenvalue weighted by Crippen LogP contribution is 2.45. The van der Waals surface area contributed by atoms with Gasteiger partial charge in [0.25, 0.3) is 0 Å². The lowest BCUT2D eigenvalue weighted by Crippen LogP contribution is -2.47. The first-order chi connectivity index (χ1) is 22.7. The number of phenolic OH excluding ortho intramolecular Hbond substituents is 1. The molecule has 3 aliphatic heterocycles. The van der Waals surface area contributed by atoms with Gasteiger partial charge in [0.15, 0.2) is 5.82 Å². The molecule has 5 heterocycles. The standard InChI is InChI=1S/C35H37F3N6O3/c1-2-23-26(37)7-6-18-10-22(45)11-24(28(18)23)30-29(38)31-25(13-40-30)33(43-14-19-4-5-20(15-43)27(19)32(39)46)42-34(41-31)47-17-35-8-3-9-44(35)16-21(36)12-35/h6-7,10-11,13,19-21,27,45H,2-5,8-9,12,14-17H2,1H3,(H2,39,46)/t19?,20?,21-,27?,35+/m1/s1. The summed E-state index contributed by atoms with van der Waals surface area (Å²) in [4.78, 5) is 30.4. The number of alkyl halides is 1. The topological polar surface area (TPSA) is 118 Å². The lowest BCUT2D eigenvalue weighted by molar-refractivity contribution is -0.124. The van der Waals surface area contributed by atoms with E-state index >= 15 is 4.39 Å². The number of carbonyl (C=O) groups is 1. The molecule has 47 heavy (non-hydrogen) atoms. The number of fused-ring (bicyclic) bond motifs is 5. The first-order valence-electron chi connectivity index (χ1n) is 16.5. The smallest absolute Gasteiger partial charge is 0.319 e. The Balaban J connectivity index is 1.26. The van der Waals surface area contributed by atoms with E-state index in [1.54, 1.807) is 6.07 Å². The molecule has 4 fully saturated rings. The highest BCUT2D eigenvalue weighted by atomic mass is 19.1. The number of aryl methyl sites for hydroxylation is 1. The summed E-state index contributed by atoms with van der Waals surface area (Å²) in [6.45, 7) is 4.17. The number of phenols is 1. The largest absolute Gasteiger partial charge is 0.508 e. The fourth-order valence-electron chi connectivity index (χ4n) is 9.06. The zero-order valence-corrected chi connectivity index (χ0v) is 26.2. The van der Waals surface area contributed by atoms with Crippen LogP contribution in [0.4, 0.5) is 19.0 Å². The Bertz CT molecular complexity index is 1910. The fraction of sp³-hybridized carbons (Fsp3) is 0.486. The van der Waals surface area contributed by atoms with Gasteiger partial charge in [0.1, 0.15) is 41.4 Å². The quantitative estimate of drug-likeness (QED) is 0.278. The van der Waals surface area contributed by atoms with E-state index in [0.717, 1.165) is 32.2 Å². The molecular formula is C35H37F3N6O3. The van der Waals surface area contributed by atoms with Gasteiger partial charge in [0.05, 0.1) is 10.9 Å². The minimum absolute atomic E-state index is 0.0270. The molecule has 12 heteroatoms. The second kappa shape index (κ2) is 11.2. The Kier molecular flexibility index (Phi) is 7.19. The second-order valence-corrected chi connectivity index (χ2v) is 13.8. The number of piperidine rings is 1. The molecule has 0 radical (unpaired) electrons. The van der Waals surface area contributed by atoms with Gasteiger partial charge in [-0.15, -0.1) is 0 Å². The predicted molar refractivity (Wildman–Crippen MR) is 171 cm³/mol. The fourth-order valence-corrected chi connectivity index (χ4v) is 9.06. The number of nitrogens with two attached hydrogens (primary N) is 1. The third-order valence-electron chi connectivity index (χ3n) is 11.1. The van der Waals surface area contributed by atoms with Crippen molar-refractivity contribution >= 4 is 33.4 Å². The summed E-state index contributed by atoms with van der Waals surface area (Å²) in [5.74, 6) is -1.26. The SMILES string of the molecule is CCc1c(F)ccc2cc(O)cc(-c3ncc4c(N5CC6CCC(C5)C6C(N)=O)nc(OC[C@@]56CCCN5C[C@H](F)C6)nc4c3F)c12. The highest BCUT2D eigenvalue weighted by molar-refractivity contribution is 6.01. The Morgan fingerprint density at radius 3 is 2.68 bits per heavy atom. The second-order valence-electron chi connectivity index (χ2n) is 13.8. The molecule has 3 N–H and O–H groups in total. The molecule has 8 rings (SSSR count). The van der Waals surface area contributed by atoms with Crippen molar-refractivity contribution in [2.75, 3.05) is 37.7 Å². The number of ether oxygens (including phenoxy) is 1. The van der Waals surface area contributed by atoms with E-state index in [0.29, 0.717) is 60.0 Å². The summed E-state index contributed by atoms with van der Waals surface area (Å²) in [7, 11) is 0. The monoisotopic (exact) mass is 646 g/mol. The van der Waals surface area contributed by atoms with Crippen LogP contribution in [0.15, 0.2) is 30.5 Å². The average Bonchev–Trinajstić information content (AvgIpc) is 3.66. The molecule has 4 aromatic rings. The van der Waals surface area contributed by atoms with Crippen LogP contribution in [0.2, 0.25) is 0 Å². The number of anilines is 1. The maximum atomic E-state index is 16.9. The van der Waals surface area contributed by atoms with Crippen LogP contribution in [-0.4, -0.2) is 75.4 Å². The zero-order chi connectivity index (χ0) is 32.6. The number of aromatic hydroxyl groups is 1. The number of benzene rings is 2. The van der Waals surface area contributed by atoms with Crippen molar-refractivity contribution in [1.29, 1.82) is 0 Å². The number of hydrogen-bond acceptors (Lipinski definition) is 8. The number of halogens is 3. The van der Waals surface area contributed by atoms with E-state index in [1.165, 1.54) is 24.4 Å². The van der Waals surface area contributed by atoms with Gasteiger partial charge in [-0.3, -0.25) is 14.7 Å². The van der Waals surface area contributed by atoms with Crippen molar-refractivity contribution in [3.05, 3.63) is 47.7 Å². The van der Waals surface area contributed by atoms with Crippen LogP contribution in [0.25, 0.3) is 32.9 Å². The Labute approximate surface area is 269 Å². The number of carbonyl (C=O) groups excluding carboxylic acids is 1. The molecule has 2 aromatic heterocycles. The van der Waals surface area contributed by atoms with E-state index in [4.69, 9.17) is 15.5 Å². The number of amides is 1. The first-order valence-corrected chi connectivity index (χ1v) is 16.5. The predicted octanol–water partition coefficient (Wildman–Crippen LogP) is 5.29. The van der Waals surface area contributed by atoms with Crippen LogP contribution in [0, 0.1) is 29.4 Å². The van der Waals surface area contributed by atoms with Gasteiger partial charge in [0, 0.05) is 43.7 Å². The van der Waals surface area contributed by atoms with E-state index in [-0.39, 0.29) is 58.8 Å². The van der Waals surface area contributed by atoms with Crippen LogP contribution in [0.1, 0.15) is 44.6 Å². The number of aromatic nitrogens is 3. The zero-order valence-electron chi connectivity index (χ0n) is 26.2. The minimum atomic E-state index is -0.935. The molecule has 1 saturated carbocycles. The molecule has 1 amide bonds. The summed E-state index contributed by atoms with van der Waals surface area (Å²) >= 11 is 0. The van der Waals surface area contributed by atoms with E-state index in [9.17, 15) is 18.7 Å². The molecule has 4 aliphatic rings. The van der Waals surface area contributed by atoms with Crippen LogP contribution >= 0.6 is 0 Å². The van der Waals surface area contributed by atoms with Crippen LogP contribution < -0.4 is 15.4 Å². The van der Waals surface area contributed by atoms with Crippen LogP contribution in [0.3, 0.4) is 0 Å². The Morgan fingerprint density at radius 2 is 1.94 bits per heavy atom. The Morgan fingerprint density at radius 1 is 1.15 bits per heavy atom. The summed E-state index contributed by atoms with van der Waals surface area (Å²) < 4.78 is 52.6. The third-order valence-corrected chi connectivity index (χ3v) is 11.1. The minimum Gasteiger partial charge on any atom is -0.508 e. The van der Waals surface area contributed by atoms with Gasteiger partial charge in [-0.25, -0.2) is 13.2 Å². The van der Waals surface area contributed by atoms with Gasteiger partial charge < -0.3 is 20.5 Å². The summed E-state index contributed by atoms with van der Waals surface area (Å²) in [6.07, 6.45) is 4.75. The van der Waals surface area contributed by atoms with Gasteiger partial charge in [-0.2, -0.15) is 9.97 Å². The van der Waals surface area contributed by atoms with Crippen LogP contribution in [-0.2, 0) is 11.2 Å². The van der Waals surface area contributed by atoms with Crippen molar-refractivity contribution in [3.8, 4) is 23.0 Å². The van der Waals surface area contributed by atoms with E-state index in [2.05, 4.69) is 14.9 Å². The van der Waals surface area contributed by atoms with Crippen molar-refractivity contribution in [1.82, 2.24) is 19.9 Å². The Hall–Kier alpha value is -4.19. The maximum Gasteiger partial charge on any atom is 0.319 e. The molecule has 9 nitrogen and oxygen atoms in total. The molecular weight excluding hydrogens is 609 g/mol. The molecule has 2 bridgehead atoms.